The lowest BCUT2D eigenvalue weighted by molar-refractivity contribution is -0.127. The van der Waals surface area contributed by atoms with Crippen LogP contribution in [0.5, 0.6) is 0 Å². The zero-order valence-corrected chi connectivity index (χ0v) is 17.9. The highest BCUT2D eigenvalue weighted by molar-refractivity contribution is 7.99. The molecule has 2 aromatic heterocycles. The van der Waals surface area contributed by atoms with Gasteiger partial charge in [-0.1, -0.05) is 44.1 Å². The van der Waals surface area contributed by atoms with Crippen LogP contribution >= 0.6 is 23.4 Å². The molecule has 0 aliphatic carbocycles. The Balaban J connectivity index is 1.54. The number of thioether (sulfide) groups is 1. The lowest BCUT2D eigenvalue weighted by Gasteiger charge is -2.15. The zero-order valence-electron chi connectivity index (χ0n) is 16.3. The van der Waals surface area contributed by atoms with Gasteiger partial charge >= 0.3 is 0 Å². The molecule has 0 aliphatic rings. The Morgan fingerprint density at radius 2 is 1.93 bits per heavy atom. The SMILES string of the molecule is CN(Cc1ccc(-c2ccc(Cl)cc2)o1)C(=O)CSc1n[nH]c(C(C)(C)C)n1. The summed E-state index contributed by atoms with van der Waals surface area (Å²) in [6.45, 7) is 6.57. The first-order chi connectivity index (χ1) is 13.2. The van der Waals surface area contributed by atoms with Gasteiger partial charge in [0.1, 0.15) is 17.3 Å². The molecule has 1 N–H and O–H groups in total. The standard InChI is InChI=1S/C20H23ClN4O2S/c1-20(2,3)18-22-19(24-23-18)28-12-17(26)25(4)11-15-9-10-16(27-15)13-5-7-14(21)8-6-13/h5-10H,11-12H2,1-4H3,(H,22,23,24). The molecule has 1 amide bonds. The fourth-order valence-corrected chi connectivity index (χ4v) is 3.30. The Labute approximate surface area is 173 Å². The van der Waals surface area contributed by atoms with Crippen LogP contribution in [0.4, 0.5) is 0 Å². The van der Waals surface area contributed by atoms with E-state index in [0.29, 0.717) is 16.7 Å². The van der Waals surface area contributed by atoms with Crippen LogP contribution in [0.1, 0.15) is 32.4 Å². The molecule has 3 aromatic rings. The molecule has 6 nitrogen and oxygen atoms in total. The van der Waals surface area contributed by atoms with Crippen molar-refractivity contribution in [3.8, 4) is 11.3 Å². The van der Waals surface area contributed by atoms with Crippen LogP contribution in [0.3, 0.4) is 0 Å². The van der Waals surface area contributed by atoms with Gasteiger partial charge in [0, 0.05) is 23.0 Å². The minimum absolute atomic E-state index is 0.0171. The average molecular weight is 419 g/mol. The summed E-state index contributed by atoms with van der Waals surface area (Å²) in [6, 6.07) is 11.2. The number of nitrogens with one attached hydrogen (secondary N) is 1. The second-order valence-electron chi connectivity index (χ2n) is 7.53. The van der Waals surface area contributed by atoms with E-state index >= 15 is 0 Å². The van der Waals surface area contributed by atoms with Crippen molar-refractivity contribution in [2.45, 2.75) is 37.9 Å². The number of furan rings is 1. The lowest BCUT2D eigenvalue weighted by atomic mass is 9.96. The normalized spacial score (nSPS) is 11.6. The molecule has 2 heterocycles. The molecule has 0 atom stereocenters. The smallest absolute Gasteiger partial charge is 0.233 e. The van der Waals surface area contributed by atoms with Crippen LogP contribution in [-0.2, 0) is 16.8 Å². The van der Waals surface area contributed by atoms with Crippen molar-refractivity contribution in [2.24, 2.45) is 0 Å². The van der Waals surface area contributed by atoms with Crippen LogP contribution in [-0.4, -0.2) is 38.8 Å². The van der Waals surface area contributed by atoms with Gasteiger partial charge in [0.05, 0.1) is 12.3 Å². The van der Waals surface area contributed by atoms with Crippen LogP contribution < -0.4 is 0 Å². The number of H-pyrrole nitrogens is 1. The molecule has 0 saturated heterocycles. The Kier molecular flexibility index (Phi) is 6.15. The van der Waals surface area contributed by atoms with Gasteiger partial charge in [-0.2, -0.15) is 0 Å². The lowest BCUT2D eigenvalue weighted by Crippen LogP contribution is -2.27. The van der Waals surface area contributed by atoms with Crippen molar-refractivity contribution in [1.29, 1.82) is 0 Å². The summed E-state index contributed by atoms with van der Waals surface area (Å²) in [4.78, 5) is 18.5. The van der Waals surface area contributed by atoms with Crippen molar-refractivity contribution in [3.63, 3.8) is 0 Å². The fourth-order valence-electron chi connectivity index (χ4n) is 2.44. The molecule has 0 unspecified atom stereocenters. The maximum Gasteiger partial charge on any atom is 0.233 e. The summed E-state index contributed by atoms with van der Waals surface area (Å²) in [6.07, 6.45) is 0. The molecule has 8 heteroatoms. The first kappa shape index (κ1) is 20.5. The minimum atomic E-state index is -0.103. The Hall–Kier alpha value is -2.25. The maximum atomic E-state index is 12.4. The van der Waals surface area contributed by atoms with E-state index in [-0.39, 0.29) is 17.1 Å². The number of amides is 1. The van der Waals surface area contributed by atoms with E-state index in [2.05, 4.69) is 36.0 Å². The number of halogens is 1. The van der Waals surface area contributed by atoms with Crippen LogP contribution in [0.2, 0.25) is 5.02 Å². The summed E-state index contributed by atoms with van der Waals surface area (Å²) in [5.74, 6) is 2.52. The third-order valence-electron chi connectivity index (χ3n) is 4.11. The highest BCUT2D eigenvalue weighted by Crippen LogP contribution is 2.25. The molecule has 148 valence electrons. The number of carbonyl (C=O) groups is 1. The van der Waals surface area contributed by atoms with Gasteiger partial charge < -0.3 is 9.32 Å². The van der Waals surface area contributed by atoms with Crippen LogP contribution in [0.25, 0.3) is 11.3 Å². The predicted molar refractivity (Wildman–Crippen MR) is 111 cm³/mol. The Bertz CT molecular complexity index is 944. The number of nitrogens with zero attached hydrogens (tertiary/aromatic N) is 3. The number of aromatic nitrogens is 3. The third-order valence-corrected chi connectivity index (χ3v) is 5.19. The van der Waals surface area contributed by atoms with Gasteiger partial charge in [-0.3, -0.25) is 9.89 Å². The highest BCUT2D eigenvalue weighted by atomic mass is 35.5. The molecule has 1 aromatic carbocycles. The molecular formula is C20H23ClN4O2S. The first-order valence-electron chi connectivity index (χ1n) is 8.86. The number of hydrogen-bond donors (Lipinski definition) is 1. The molecule has 0 radical (unpaired) electrons. The minimum Gasteiger partial charge on any atom is -0.459 e. The number of benzene rings is 1. The predicted octanol–water partition coefficient (Wildman–Crippen LogP) is 4.77. The maximum absolute atomic E-state index is 12.4. The molecule has 3 rings (SSSR count). The van der Waals surface area contributed by atoms with Gasteiger partial charge in [0.25, 0.3) is 0 Å². The van der Waals surface area contributed by atoms with Crippen molar-refractivity contribution < 1.29 is 9.21 Å². The van der Waals surface area contributed by atoms with E-state index in [1.807, 2.05) is 36.4 Å². The van der Waals surface area contributed by atoms with Gasteiger partial charge in [0.2, 0.25) is 11.1 Å². The monoisotopic (exact) mass is 418 g/mol. The summed E-state index contributed by atoms with van der Waals surface area (Å²) in [5.41, 5.74) is 0.840. The van der Waals surface area contributed by atoms with E-state index < -0.39 is 0 Å². The third kappa shape index (κ3) is 5.17. The van der Waals surface area contributed by atoms with Crippen molar-refractivity contribution in [1.82, 2.24) is 20.1 Å². The molecule has 0 bridgehead atoms. The quantitative estimate of drug-likeness (QED) is 0.584. The van der Waals surface area contributed by atoms with E-state index in [0.717, 1.165) is 22.9 Å². The second-order valence-corrected chi connectivity index (χ2v) is 8.91. The average Bonchev–Trinajstić information content (AvgIpc) is 3.29. The van der Waals surface area contributed by atoms with Crippen LogP contribution in [0.15, 0.2) is 46.0 Å². The van der Waals surface area contributed by atoms with E-state index in [4.69, 9.17) is 16.0 Å². The summed E-state index contributed by atoms with van der Waals surface area (Å²) >= 11 is 7.24. The summed E-state index contributed by atoms with van der Waals surface area (Å²) < 4.78 is 5.86. The number of rotatable bonds is 6. The molecular weight excluding hydrogens is 396 g/mol. The summed E-state index contributed by atoms with van der Waals surface area (Å²) in [7, 11) is 1.76. The van der Waals surface area contributed by atoms with Crippen molar-refractivity contribution >= 4 is 29.3 Å². The fraction of sp³-hybridized carbons (Fsp3) is 0.350. The van der Waals surface area contributed by atoms with Gasteiger partial charge in [0.15, 0.2) is 0 Å². The first-order valence-corrected chi connectivity index (χ1v) is 10.2. The topological polar surface area (TPSA) is 75.0 Å². The molecule has 0 saturated carbocycles. The molecule has 0 spiro atoms. The summed E-state index contributed by atoms with van der Waals surface area (Å²) in [5, 5.41) is 8.36. The van der Waals surface area contributed by atoms with E-state index in [9.17, 15) is 4.79 Å². The van der Waals surface area contributed by atoms with Gasteiger partial charge in [-0.05, 0) is 36.4 Å². The number of aromatic amines is 1. The molecule has 0 fully saturated rings. The zero-order chi connectivity index (χ0) is 20.3. The molecule has 0 aliphatic heterocycles. The molecule has 28 heavy (non-hydrogen) atoms. The second kappa shape index (κ2) is 8.41. The Morgan fingerprint density at radius 3 is 2.57 bits per heavy atom. The highest BCUT2D eigenvalue weighted by Gasteiger charge is 2.20. The van der Waals surface area contributed by atoms with Crippen LogP contribution in [0, 0.1) is 0 Å². The Morgan fingerprint density at radius 1 is 1.21 bits per heavy atom. The van der Waals surface area contributed by atoms with Crippen molar-refractivity contribution in [2.75, 3.05) is 12.8 Å². The van der Waals surface area contributed by atoms with E-state index in [1.54, 1.807) is 11.9 Å². The van der Waals surface area contributed by atoms with Crippen molar-refractivity contribution in [3.05, 3.63) is 53.0 Å². The van der Waals surface area contributed by atoms with Gasteiger partial charge in [-0.15, -0.1) is 5.10 Å². The van der Waals surface area contributed by atoms with E-state index in [1.165, 1.54) is 11.8 Å². The number of carbonyl (C=O) groups excluding carboxylic acids is 1. The largest absolute Gasteiger partial charge is 0.459 e. The van der Waals surface area contributed by atoms with Gasteiger partial charge in [-0.25, -0.2) is 4.98 Å². The number of hydrogen-bond acceptors (Lipinski definition) is 5.